The van der Waals surface area contributed by atoms with Crippen molar-refractivity contribution in [1.29, 1.82) is 0 Å². The fourth-order valence-electron chi connectivity index (χ4n) is 1.55. The number of pyridine rings is 1. The Bertz CT molecular complexity index is 318. The van der Waals surface area contributed by atoms with E-state index in [1.165, 1.54) is 12.1 Å². The fourth-order valence-corrected chi connectivity index (χ4v) is 1.55. The van der Waals surface area contributed by atoms with E-state index in [2.05, 4.69) is 30.2 Å². The summed E-state index contributed by atoms with van der Waals surface area (Å²) in [5, 5.41) is 3.51. The molecule has 70 valence electrons. The van der Waals surface area contributed by atoms with Crippen molar-refractivity contribution in [3.05, 3.63) is 24.0 Å². The largest absolute Gasteiger partial charge is 0.382 e. The smallest absolute Gasteiger partial charge is 0.0393 e. The molecule has 0 saturated heterocycles. The molecule has 0 spiro atoms. The highest BCUT2D eigenvalue weighted by Crippen LogP contribution is 2.46. The van der Waals surface area contributed by atoms with Gasteiger partial charge in [0.1, 0.15) is 0 Å². The SMILES string of the molecule is Cc1cc(NC2CC2(C)C)ccn1. The third kappa shape index (κ3) is 1.82. The molecule has 2 heteroatoms. The molecular weight excluding hydrogens is 160 g/mol. The predicted molar refractivity (Wildman–Crippen MR) is 54.8 cm³/mol. The van der Waals surface area contributed by atoms with Crippen LogP contribution in [0.15, 0.2) is 18.3 Å². The highest BCUT2D eigenvalue weighted by molar-refractivity contribution is 5.46. The summed E-state index contributed by atoms with van der Waals surface area (Å²) < 4.78 is 0. The van der Waals surface area contributed by atoms with Crippen molar-refractivity contribution in [3.63, 3.8) is 0 Å². The number of hydrogen-bond acceptors (Lipinski definition) is 2. The monoisotopic (exact) mass is 176 g/mol. The number of hydrogen-bond donors (Lipinski definition) is 1. The van der Waals surface area contributed by atoms with Crippen LogP contribution in [0.4, 0.5) is 5.69 Å². The van der Waals surface area contributed by atoms with Crippen molar-refractivity contribution in [2.24, 2.45) is 5.41 Å². The van der Waals surface area contributed by atoms with Crippen molar-refractivity contribution < 1.29 is 0 Å². The Morgan fingerprint density at radius 3 is 2.77 bits per heavy atom. The van der Waals surface area contributed by atoms with Crippen LogP contribution < -0.4 is 5.32 Å². The quantitative estimate of drug-likeness (QED) is 0.749. The zero-order chi connectivity index (χ0) is 9.47. The first-order valence-electron chi connectivity index (χ1n) is 4.77. The molecular formula is C11H16N2. The Kier molecular flexibility index (Phi) is 1.79. The van der Waals surface area contributed by atoms with E-state index in [1.807, 2.05) is 19.2 Å². The minimum absolute atomic E-state index is 0.483. The maximum absolute atomic E-state index is 4.16. The first-order valence-corrected chi connectivity index (χ1v) is 4.77. The molecule has 1 unspecified atom stereocenters. The van der Waals surface area contributed by atoms with Gasteiger partial charge in [-0.3, -0.25) is 4.98 Å². The predicted octanol–water partition coefficient (Wildman–Crippen LogP) is 2.60. The van der Waals surface area contributed by atoms with Crippen molar-refractivity contribution in [3.8, 4) is 0 Å². The van der Waals surface area contributed by atoms with E-state index < -0.39 is 0 Å². The molecule has 1 N–H and O–H groups in total. The number of anilines is 1. The molecule has 1 fully saturated rings. The molecule has 1 aromatic rings. The molecule has 1 aliphatic rings. The van der Waals surface area contributed by atoms with Crippen molar-refractivity contribution in [2.75, 3.05) is 5.32 Å². The lowest BCUT2D eigenvalue weighted by Gasteiger charge is -2.07. The van der Waals surface area contributed by atoms with E-state index in [1.54, 1.807) is 0 Å². The van der Waals surface area contributed by atoms with E-state index in [0.29, 0.717) is 11.5 Å². The van der Waals surface area contributed by atoms with Gasteiger partial charge in [0.05, 0.1) is 0 Å². The van der Waals surface area contributed by atoms with Crippen LogP contribution in [0.25, 0.3) is 0 Å². The number of aryl methyl sites for hydroxylation is 1. The molecule has 2 rings (SSSR count). The average Bonchev–Trinajstić information content (AvgIpc) is 2.58. The van der Waals surface area contributed by atoms with E-state index in [-0.39, 0.29) is 0 Å². The van der Waals surface area contributed by atoms with Gasteiger partial charge in [0.2, 0.25) is 0 Å². The van der Waals surface area contributed by atoms with Gasteiger partial charge in [-0.1, -0.05) is 13.8 Å². The normalized spacial score (nSPS) is 24.1. The number of rotatable bonds is 2. The Labute approximate surface area is 79.4 Å². The third-order valence-electron chi connectivity index (χ3n) is 2.75. The maximum atomic E-state index is 4.16. The molecule has 2 nitrogen and oxygen atoms in total. The zero-order valence-corrected chi connectivity index (χ0v) is 8.46. The van der Waals surface area contributed by atoms with Crippen LogP contribution in [0.2, 0.25) is 0 Å². The second kappa shape index (κ2) is 2.72. The summed E-state index contributed by atoms with van der Waals surface area (Å²) in [6.07, 6.45) is 3.13. The summed E-state index contributed by atoms with van der Waals surface area (Å²) in [6, 6.07) is 4.77. The molecule has 0 bridgehead atoms. The lowest BCUT2D eigenvalue weighted by Crippen LogP contribution is -2.08. The summed E-state index contributed by atoms with van der Waals surface area (Å²) >= 11 is 0. The lowest BCUT2D eigenvalue weighted by atomic mass is 10.2. The van der Waals surface area contributed by atoms with Crippen LogP contribution in [0.1, 0.15) is 26.0 Å². The molecule has 0 amide bonds. The average molecular weight is 176 g/mol. The second-order valence-corrected chi connectivity index (χ2v) is 4.58. The van der Waals surface area contributed by atoms with Gasteiger partial charge in [-0.05, 0) is 30.9 Å². The first-order chi connectivity index (χ1) is 6.08. The summed E-state index contributed by atoms with van der Waals surface area (Å²) in [4.78, 5) is 4.16. The molecule has 0 aromatic carbocycles. The summed E-state index contributed by atoms with van der Waals surface area (Å²) in [6.45, 7) is 6.60. The Hall–Kier alpha value is -1.05. The molecule has 1 aliphatic carbocycles. The zero-order valence-electron chi connectivity index (χ0n) is 8.46. The summed E-state index contributed by atoms with van der Waals surface area (Å²) in [5.41, 5.74) is 2.75. The molecule has 13 heavy (non-hydrogen) atoms. The number of nitrogens with one attached hydrogen (secondary N) is 1. The van der Waals surface area contributed by atoms with Crippen molar-refractivity contribution in [1.82, 2.24) is 4.98 Å². The number of nitrogens with zero attached hydrogens (tertiary/aromatic N) is 1. The molecule has 1 heterocycles. The highest BCUT2D eigenvalue weighted by atomic mass is 15.0. The van der Waals surface area contributed by atoms with Gasteiger partial charge >= 0.3 is 0 Å². The topological polar surface area (TPSA) is 24.9 Å². The number of aromatic nitrogens is 1. The van der Waals surface area contributed by atoms with Crippen LogP contribution in [-0.2, 0) is 0 Å². The van der Waals surface area contributed by atoms with Crippen LogP contribution in [0.3, 0.4) is 0 Å². The van der Waals surface area contributed by atoms with E-state index in [0.717, 1.165) is 5.69 Å². The van der Waals surface area contributed by atoms with Gasteiger partial charge in [0, 0.05) is 23.6 Å². The molecule has 0 aliphatic heterocycles. The van der Waals surface area contributed by atoms with E-state index in [4.69, 9.17) is 0 Å². The van der Waals surface area contributed by atoms with Gasteiger partial charge in [-0.25, -0.2) is 0 Å². The minimum Gasteiger partial charge on any atom is -0.382 e. The van der Waals surface area contributed by atoms with Gasteiger partial charge in [0.25, 0.3) is 0 Å². The standard InChI is InChI=1S/C11H16N2/c1-8-6-9(4-5-12-8)13-10-7-11(10,2)3/h4-6,10H,7H2,1-3H3,(H,12,13). The third-order valence-corrected chi connectivity index (χ3v) is 2.75. The van der Waals surface area contributed by atoms with Crippen molar-refractivity contribution in [2.45, 2.75) is 33.2 Å². The Morgan fingerprint density at radius 1 is 1.54 bits per heavy atom. The highest BCUT2D eigenvalue weighted by Gasteiger charge is 2.45. The van der Waals surface area contributed by atoms with Crippen LogP contribution in [-0.4, -0.2) is 11.0 Å². The summed E-state index contributed by atoms with van der Waals surface area (Å²) in [7, 11) is 0. The van der Waals surface area contributed by atoms with Gasteiger partial charge in [-0.2, -0.15) is 0 Å². The molecule has 0 radical (unpaired) electrons. The Balaban J connectivity index is 2.03. The van der Waals surface area contributed by atoms with E-state index in [9.17, 15) is 0 Å². The summed E-state index contributed by atoms with van der Waals surface area (Å²) in [5.74, 6) is 0. The molecule has 1 saturated carbocycles. The maximum Gasteiger partial charge on any atom is 0.0393 e. The van der Waals surface area contributed by atoms with Crippen LogP contribution in [0.5, 0.6) is 0 Å². The van der Waals surface area contributed by atoms with Gasteiger partial charge in [-0.15, -0.1) is 0 Å². The Morgan fingerprint density at radius 2 is 2.23 bits per heavy atom. The first kappa shape index (κ1) is 8.54. The fraction of sp³-hybridized carbons (Fsp3) is 0.545. The molecule has 1 aromatic heterocycles. The van der Waals surface area contributed by atoms with Crippen LogP contribution in [0, 0.1) is 12.3 Å². The molecule has 1 atom stereocenters. The van der Waals surface area contributed by atoms with Crippen molar-refractivity contribution >= 4 is 5.69 Å². The van der Waals surface area contributed by atoms with E-state index >= 15 is 0 Å². The second-order valence-electron chi connectivity index (χ2n) is 4.58. The lowest BCUT2D eigenvalue weighted by molar-refractivity contribution is 0.630. The van der Waals surface area contributed by atoms with Gasteiger partial charge in [0.15, 0.2) is 0 Å². The minimum atomic E-state index is 0.483. The van der Waals surface area contributed by atoms with Crippen LogP contribution >= 0.6 is 0 Å². The van der Waals surface area contributed by atoms with Gasteiger partial charge < -0.3 is 5.32 Å².